The maximum absolute atomic E-state index is 13.7. The molecule has 5 nitrogen and oxygen atoms in total. The fourth-order valence-corrected chi connectivity index (χ4v) is 3.46. The van der Waals surface area contributed by atoms with Gasteiger partial charge in [0.15, 0.2) is 17.3 Å². The zero-order valence-electron chi connectivity index (χ0n) is 14.8. The van der Waals surface area contributed by atoms with Gasteiger partial charge in [-0.1, -0.05) is 6.07 Å². The van der Waals surface area contributed by atoms with Crippen molar-refractivity contribution in [3.05, 3.63) is 76.9 Å². The Morgan fingerprint density at radius 2 is 2.07 bits per heavy atom. The van der Waals surface area contributed by atoms with E-state index < -0.39 is 11.6 Å². The molecule has 0 saturated heterocycles. The third-order valence-corrected chi connectivity index (χ3v) is 4.77. The predicted molar refractivity (Wildman–Crippen MR) is 95.5 cm³/mol. The monoisotopic (exact) mass is 368 g/mol. The van der Waals surface area contributed by atoms with Crippen LogP contribution in [0.1, 0.15) is 33.7 Å². The molecule has 1 aliphatic rings. The highest BCUT2D eigenvalue weighted by molar-refractivity contribution is 5.94. The summed E-state index contributed by atoms with van der Waals surface area (Å²) in [5.74, 6) is -2.04. The maximum atomic E-state index is 13.7. The van der Waals surface area contributed by atoms with Gasteiger partial charge in [-0.25, -0.2) is 13.5 Å². The fourth-order valence-electron chi connectivity index (χ4n) is 3.46. The molecule has 138 valence electrons. The van der Waals surface area contributed by atoms with Crippen molar-refractivity contribution >= 4 is 5.91 Å². The largest absolute Gasteiger partial charge is 0.336 e. The Hall–Kier alpha value is -3.09. The molecule has 3 aromatic rings. The number of aromatic nitrogens is 3. The lowest BCUT2D eigenvalue weighted by Gasteiger charge is -2.16. The molecule has 1 aromatic carbocycles. The van der Waals surface area contributed by atoms with Crippen molar-refractivity contribution in [3.63, 3.8) is 0 Å². The van der Waals surface area contributed by atoms with Gasteiger partial charge in [0, 0.05) is 43.3 Å². The average molecular weight is 368 g/mol. The van der Waals surface area contributed by atoms with Crippen LogP contribution in [0.15, 0.2) is 42.7 Å². The molecule has 0 saturated carbocycles. The minimum absolute atomic E-state index is 0.196. The number of hydrogen-bond acceptors (Lipinski definition) is 3. The van der Waals surface area contributed by atoms with Crippen LogP contribution in [-0.4, -0.2) is 32.6 Å². The normalized spacial score (nSPS) is 12.9. The number of carbonyl (C=O) groups is 1. The molecule has 1 amide bonds. The number of carbonyl (C=O) groups excluding carboxylic acids is 1. The van der Waals surface area contributed by atoms with Gasteiger partial charge >= 0.3 is 0 Å². The van der Waals surface area contributed by atoms with Crippen molar-refractivity contribution < 1.29 is 13.6 Å². The number of fused-ring (bicyclic) bond motifs is 1. The summed E-state index contributed by atoms with van der Waals surface area (Å²) in [5.41, 5.74) is 3.49. The number of amides is 1. The van der Waals surface area contributed by atoms with Gasteiger partial charge in [-0.15, -0.1) is 0 Å². The third-order valence-electron chi connectivity index (χ3n) is 4.77. The molecule has 0 aliphatic heterocycles. The van der Waals surface area contributed by atoms with Crippen LogP contribution < -0.4 is 0 Å². The molecular formula is C20H18F2N4O. The molecule has 0 unspecified atom stereocenters. The van der Waals surface area contributed by atoms with Gasteiger partial charge in [-0.05, 0) is 43.0 Å². The van der Waals surface area contributed by atoms with Gasteiger partial charge in [0.2, 0.25) is 0 Å². The molecule has 0 bridgehead atoms. The molecule has 0 atom stereocenters. The van der Waals surface area contributed by atoms with Crippen molar-refractivity contribution in [2.75, 3.05) is 7.05 Å². The molecule has 0 fully saturated rings. The van der Waals surface area contributed by atoms with E-state index in [1.54, 1.807) is 29.0 Å². The number of hydrogen-bond donors (Lipinski definition) is 0. The van der Waals surface area contributed by atoms with E-state index in [9.17, 15) is 13.6 Å². The van der Waals surface area contributed by atoms with E-state index >= 15 is 0 Å². The minimum Gasteiger partial charge on any atom is -0.336 e. The second-order valence-electron chi connectivity index (χ2n) is 6.66. The van der Waals surface area contributed by atoms with E-state index in [0.29, 0.717) is 17.9 Å². The zero-order chi connectivity index (χ0) is 19.0. The summed E-state index contributed by atoms with van der Waals surface area (Å²) in [4.78, 5) is 18.6. The first kappa shape index (κ1) is 17.3. The van der Waals surface area contributed by atoms with Gasteiger partial charge in [0.1, 0.15) is 0 Å². The predicted octanol–water partition coefficient (Wildman–Crippen LogP) is 3.31. The van der Waals surface area contributed by atoms with Gasteiger partial charge < -0.3 is 4.90 Å². The number of nitrogens with zero attached hydrogens (tertiary/aromatic N) is 4. The van der Waals surface area contributed by atoms with E-state index in [-0.39, 0.29) is 5.91 Å². The molecular weight excluding hydrogens is 350 g/mol. The molecule has 27 heavy (non-hydrogen) atoms. The SMILES string of the molecule is CN(Cc1cccnc1)C(=O)c1nn(-c2ccc(F)c(F)c2)c2c1CCC2. The molecule has 2 aromatic heterocycles. The Bertz CT molecular complexity index is 1000. The van der Waals surface area contributed by atoms with Crippen LogP contribution in [-0.2, 0) is 19.4 Å². The van der Waals surface area contributed by atoms with Crippen molar-refractivity contribution in [2.45, 2.75) is 25.8 Å². The number of rotatable bonds is 4. The van der Waals surface area contributed by atoms with E-state index in [4.69, 9.17) is 0 Å². The first-order valence-corrected chi connectivity index (χ1v) is 8.75. The summed E-state index contributed by atoms with van der Waals surface area (Å²) in [7, 11) is 1.72. The smallest absolute Gasteiger partial charge is 0.274 e. The van der Waals surface area contributed by atoms with Gasteiger partial charge in [0.25, 0.3) is 5.91 Å². The van der Waals surface area contributed by atoms with E-state index in [1.807, 2.05) is 12.1 Å². The highest BCUT2D eigenvalue weighted by atomic mass is 19.2. The first-order chi connectivity index (χ1) is 13.0. The Morgan fingerprint density at radius 3 is 2.81 bits per heavy atom. The maximum Gasteiger partial charge on any atom is 0.274 e. The summed E-state index contributed by atoms with van der Waals surface area (Å²) < 4.78 is 28.5. The van der Waals surface area contributed by atoms with Crippen molar-refractivity contribution in [1.82, 2.24) is 19.7 Å². The highest BCUT2D eigenvalue weighted by Gasteiger charge is 2.28. The minimum atomic E-state index is -0.934. The summed E-state index contributed by atoms with van der Waals surface area (Å²) in [5, 5.41) is 4.46. The quantitative estimate of drug-likeness (QED) is 0.710. The van der Waals surface area contributed by atoms with Gasteiger partial charge in [0.05, 0.1) is 5.69 Å². The van der Waals surface area contributed by atoms with Gasteiger partial charge in [-0.2, -0.15) is 5.10 Å². The zero-order valence-corrected chi connectivity index (χ0v) is 14.8. The summed E-state index contributed by atoms with van der Waals surface area (Å²) >= 11 is 0. The molecule has 4 rings (SSSR count). The lowest BCUT2D eigenvalue weighted by atomic mass is 10.1. The van der Waals surface area contributed by atoms with Crippen molar-refractivity contribution in [2.24, 2.45) is 0 Å². The Balaban J connectivity index is 1.67. The Morgan fingerprint density at radius 1 is 1.22 bits per heavy atom. The second kappa shape index (κ2) is 6.90. The van der Waals surface area contributed by atoms with Crippen LogP contribution in [0.4, 0.5) is 8.78 Å². The van der Waals surface area contributed by atoms with Crippen molar-refractivity contribution in [3.8, 4) is 5.69 Å². The van der Waals surface area contributed by atoms with Gasteiger partial charge in [-0.3, -0.25) is 9.78 Å². The standard InChI is InChI=1S/C20H18F2N4O/c1-25(12-13-4-3-9-23-11-13)20(27)19-15-5-2-6-18(15)26(24-19)14-7-8-16(21)17(22)10-14/h3-4,7-11H,2,5-6,12H2,1H3. The van der Waals surface area contributed by atoms with Crippen LogP contribution in [0.3, 0.4) is 0 Å². The first-order valence-electron chi connectivity index (χ1n) is 8.75. The average Bonchev–Trinajstić information content (AvgIpc) is 3.27. The molecule has 0 N–H and O–H groups in total. The topological polar surface area (TPSA) is 51.0 Å². The Kier molecular flexibility index (Phi) is 4.43. The van der Waals surface area contributed by atoms with E-state index in [0.717, 1.165) is 48.2 Å². The fraction of sp³-hybridized carbons (Fsp3) is 0.250. The van der Waals surface area contributed by atoms with Crippen LogP contribution >= 0.6 is 0 Å². The summed E-state index contributed by atoms with van der Waals surface area (Å²) in [6, 6.07) is 7.38. The molecule has 1 aliphatic carbocycles. The molecule has 2 heterocycles. The number of halogens is 2. The lowest BCUT2D eigenvalue weighted by Crippen LogP contribution is -2.27. The molecule has 0 radical (unpaired) electrons. The number of benzene rings is 1. The van der Waals surface area contributed by atoms with Crippen LogP contribution in [0.25, 0.3) is 5.69 Å². The second-order valence-corrected chi connectivity index (χ2v) is 6.66. The van der Waals surface area contributed by atoms with Crippen LogP contribution in [0.5, 0.6) is 0 Å². The lowest BCUT2D eigenvalue weighted by molar-refractivity contribution is 0.0777. The number of pyridine rings is 1. The molecule has 7 heteroatoms. The third kappa shape index (κ3) is 3.20. The summed E-state index contributed by atoms with van der Waals surface area (Å²) in [6.07, 6.45) is 5.81. The summed E-state index contributed by atoms with van der Waals surface area (Å²) in [6.45, 7) is 0.416. The van der Waals surface area contributed by atoms with Crippen LogP contribution in [0.2, 0.25) is 0 Å². The highest BCUT2D eigenvalue weighted by Crippen LogP contribution is 2.29. The van der Waals surface area contributed by atoms with Crippen molar-refractivity contribution in [1.29, 1.82) is 0 Å². The van der Waals surface area contributed by atoms with E-state index in [1.165, 1.54) is 6.07 Å². The Labute approximate surface area is 155 Å². The molecule has 0 spiro atoms. The van der Waals surface area contributed by atoms with Crippen LogP contribution in [0, 0.1) is 11.6 Å². The van der Waals surface area contributed by atoms with E-state index in [2.05, 4.69) is 10.1 Å².